The number of fused-ring (bicyclic) bond motifs is 1. The van der Waals surface area contributed by atoms with Gasteiger partial charge in [-0.05, 0) is 62.8 Å². The zero-order chi connectivity index (χ0) is 22.6. The summed E-state index contributed by atoms with van der Waals surface area (Å²) in [5.41, 5.74) is 4.23. The summed E-state index contributed by atoms with van der Waals surface area (Å²) in [6.45, 7) is 5.17. The van der Waals surface area contributed by atoms with Crippen molar-refractivity contribution in [3.63, 3.8) is 0 Å². The van der Waals surface area contributed by atoms with Crippen LogP contribution in [0.4, 0.5) is 4.79 Å². The summed E-state index contributed by atoms with van der Waals surface area (Å²) >= 11 is 1.48. The van der Waals surface area contributed by atoms with Crippen molar-refractivity contribution in [3.8, 4) is 5.13 Å². The molecule has 1 saturated heterocycles. The fourth-order valence-corrected chi connectivity index (χ4v) is 5.57. The van der Waals surface area contributed by atoms with Gasteiger partial charge in [0.15, 0.2) is 10.9 Å². The van der Waals surface area contributed by atoms with Crippen LogP contribution in [0.15, 0.2) is 35.8 Å². The maximum Gasteiger partial charge on any atom is 0.325 e. The summed E-state index contributed by atoms with van der Waals surface area (Å²) < 4.78 is 1.92. The molecule has 1 atom stereocenters. The molecule has 1 fully saturated rings. The average molecular weight is 449 g/mol. The maximum absolute atomic E-state index is 13.3. The molecule has 2 aromatic heterocycles. The van der Waals surface area contributed by atoms with Gasteiger partial charge in [0.1, 0.15) is 5.54 Å². The standard InChI is InChI=1S/C24H24N4O3S/c1-14-11-19(15(2)28(14)23-25-9-10-32-23)20(29)13-27-21(30)24(3,26-22(27)31)18-8-7-16-5-4-6-17(16)12-18/h7-12H,4-6,13H2,1-3H3,(H,26,31). The molecule has 1 aliphatic heterocycles. The van der Waals surface area contributed by atoms with Gasteiger partial charge in [0.05, 0.1) is 6.54 Å². The lowest BCUT2D eigenvalue weighted by Gasteiger charge is -2.23. The van der Waals surface area contributed by atoms with Gasteiger partial charge in [-0.2, -0.15) is 0 Å². The summed E-state index contributed by atoms with van der Waals surface area (Å²) in [7, 11) is 0. The van der Waals surface area contributed by atoms with Crippen molar-refractivity contribution in [3.05, 3.63) is 69.5 Å². The normalized spacial score (nSPS) is 20.0. The number of ketones is 1. The number of rotatable bonds is 5. The predicted octanol–water partition coefficient (Wildman–Crippen LogP) is 3.69. The van der Waals surface area contributed by atoms with E-state index in [4.69, 9.17) is 0 Å². The Morgan fingerprint density at radius 2 is 1.97 bits per heavy atom. The number of hydrogen-bond donors (Lipinski definition) is 1. The summed E-state index contributed by atoms with van der Waals surface area (Å²) in [6.07, 6.45) is 4.86. The number of nitrogens with one attached hydrogen (secondary N) is 1. The lowest BCUT2D eigenvalue weighted by Crippen LogP contribution is -2.41. The van der Waals surface area contributed by atoms with Crippen molar-refractivity contribution in [2.75, 3.05) is 6.54 Å². The molecule has 5 rings (SSSR count). The number of thiazole rings is 1. The Bertz CT molecular complexity index is 1260. The first kappa shape index (κ1) is 20.6. The van der Waals surface area contributed by atoms with Crippen molar-refractivity contribution < 1.29 is 14.4 Å². The lowest BCUT2D eigenvalue weighted by molar-refractivity contribution is -0.130. The molecular formula is C24H24N4O3S. The molecule has 32 heavy (non-hydrogen) atoms. The Labute approximate surface area is 190 Å². The average Bonchev–Trinajstić information content (AvgIpc) is 3.53. The highest BCUT2D eigenvalue weighted by molar-refractivity contribution is 7.12. The zero-order valence-corrected chi connectivity index (χ0v) is 19.1. The number of carbonyl (C=O) groups is 3. The number of aryl methyl sites for hydroxylation is 3. The van der Waals surface area contributed by atoms with Crippen molar-refractivity contribution in [1.29, 1.82) is 0 Å². The minimum atomic E-state index is -1.17. The van der Waals surface area contributed by atoms with Gasteiger partial charge in [0.2, 0.25) is 0 Å². The Hall–Kier alpha value is -3.26. The van der Waals surface area contributed by atoms with E-state index in [1.807, 2.05) is 42.0 Å². The number of hydrogen-bond acceptors (Lipinski definition) is 5. The molecule has 0 saturated carbocycles. The molecule has 1 unspecified atom stereocenters. The van der Waals surface area contributed by atoms with Gasteiger partial charge in [-0.15, -0.1) is 11.3 Å². The van der Waals surface area contributed by atoms with E-state index in [1.54, 1.807) is 19.2 Å². The first-order valence-corrected chi connectivity index (χ1v) is 11.6. The fourth-order valence-electron chi connectivity index (χ4n) is 4.81. The molecule has 1 N–H and O–H groups in total. The first-order valence-electron chi connectivity index (χ1n) is 10.7. The van der Waals surface area contributed by atoms with Crippen LogP contribution < -0.4 is 5.32 Å². The second-order valence-electron chi connectivity index (χ2n) is 8.64. The molecule has 0 radical (unpaired) electrons. The molecule has 7 nitrogen and oxygen atoms in total. The number of amides is 3. The van der Waals surface area contributed by atoms with Crippen molar-refractivity contribution in [1.82, 2.24) is 19.8 Å². The van der Waals surface area contributed by atoms with Crippen molar-refractivity contribution >= 4 is 29.1 Å². The molecule has 8 heteroatoms. The topological polar surface area (TPSA) is 84.3 Å². The van der Waals surface area contributed by atoms with Gasteiger partial charge in [-0.1, -0.05) is 18.2 Å². The third-order valence-electron chi connectivity index (χ3n) is 6.59. The summed E-state index contributed by atoms with van der Waals surface area (Å²) in [5, 5.41) is 5.47. The molecular weight excluding hydrogens is 424 g/mol. The number of urea groups is 1. The predicted molar refractivity (Wildman–Crippen MR) is 121 cm³/mol. The quantitative estimate of drug-likeness (QED) is 0.477. The largest absolute Gasteiger partial charge is 0.325 e. The number of carbonyl (C=O) groups excluding carboxylic acids is 3. The molecule has 164 valence electrons. The number of nitrogens with zero attached hydrogens (tertiary/aromatic N) is 3. The molecule has 3 amide bonds. The highest BCUT2D eigenvalue weighted by atomic mass is 32.1. The Morgan fingerprint density at radius 1 is 1.19 bits per heavy atom. The first-order chi connectivity index (χ1) is 15.3. The number of aromatic nitrogens is 2. The second kappa shape index (κ2) is 7.41. The Morgan fingerprint density at radius 3 is 2.72 bits per heavy atom. The fraction of sp³-hybridized carbons (Fsp3) is 0.333. The van der Waals surface area contributed by atoms with Gasteiger partial charge < -0.3 is 5.32 Å². The van der Waals surface area contributed by atoms with E-state index in [0.29, 0.717) is 5.56 Å². The molecule has 3 aromatic rings. The molecule has 1 aliphatic carbocycles. The minimum absolute atomic E-state index is 0.275. The van der Waals surface area contributed by atoms with Gasteiger partial charge in [0, 0.05) is 28.5 Å². The zero-order valence-electron chi connectivity index (χ0n) is 18.3. The Balaban J connectivity index is 1.41. The molecule has 3 heterocycles. The maximum atomic E-state index is 13.3. The van der Waals surface area contributed by atoms with Crippen LogP contribution in [0.1, 0.15) is 51.8 Å². The van der Waals surface area contributed by atoms with Crippen LogP contribution in [-0.2, 0) is 23.2 Å². The highest BCUT2D eigenvalue weighted by Gasteiger charge is 2.49. The molecule has 2 aliphatic rings. The van der Waals surface area contributed by atoms with Crippen LogP contribution in [0.2, 0.25) is 0 Å². The van der Waals surface area contributed by atoms with E-state index < -0.39 is 17.5 Å². The number of Topliss-reactive ketones (excluding diaryl/α,β-unsaturated/α-hetero) is 1. The highest BCUT2D eigenvalue weighted by Crippen LogP contribution is 2.33. The van der Waals surface area contributed by atoms with Gasteiger partial charge in [0.25, 0.3) is 5.91 Å². The lowest BCUT2D eigenvalue weighted by atomic mass is 9.89. The van der Waals surface area contributed by atoms with Crippen LogP contribution in [0, 0.1) is 13.8 Å². The summed E-state index contributed by atoms with van der Waals surface area (Å²) in [6, 6.07) is 7.23. The third-order valence-corrected chi connectivity index (χ3v) is 7.35. The van der Waals surface area contributed by atoms with Crippen LogP contribution in [0.5, 0.6) is 0 Å². The van der Waals surface area contributed by atoms with E-state index >= 15 is 0 Å². The van der Waals surface area contributed by atoms with E-state index in [0.717, 1.165) is 46.2 Å². The monoisotopic (exact) mass is 448 g/mol. The third kappa shape index (κ3) is 3.09. The summed E-state index contributed by atoms with van der Waals surface area (Å²) in [5.74, 6) is -0.676. The Kier molecular flexibility index (Phi) is 4.78. The van der Waals surface area contributed by atoms with Crippen LogP contribution in [0.25, 0.3) is 5.13 Å². The second-order valence-corrected chi connectivity index (χ2v) is 9.51. The SMILES string of the molecule is Cc1cc(C(=O)CN2C(=O)NC(C)(c3ccc4c(c3)CCC4)C2=O)c(C)n1-c1nccs1. The summed E-state index contributed by atoms with van der Waals surface area (Å²) in [4.78, 5) is 44.6. The van der Waals surface area contributed by atoms with Gasteiger partial charge in [-0.25, -0.2) is 9.78 Å². The molecule has 0 spiro atoms. The van der Waals surface area contributed by atoms with Gasteiger partial charge >= 0.3 is 6.03 Å². The number of benzene rings is 1. The smallest absolute Gasteiger partial charge is 0.319 e. The number of imide groups is 1. The van der Waals surface area contributed by atoms with E-state index in [9.17, 15) is 14.4 Å². The van der Waals surface area contributed by atoms with E-state index in [2.05, 4.69) is 10.3 Å². The van der Waals surface area contributed by atoms with E-state index in [-0.39, 0.29) is 12.3 Å². The van der Waals surface area contributed by atoms with Crippen LogP contribution in [0.3, 0.4) is 0 Å². The van der Waals surface area contributed by atoms with E-state index in [1.165, 1.54) is 22.5 Å². The van der Waals surface area contributed by atoms with Crippen LogP contribution in [-0.4, -0.2) is 38.7 Å². The molecule has 1 aromatic carbocycles. The molecule has 0 bridgehead atoms. The van der Waals surface area contributed by atoms with Gasteiger partial charge in [-0.3, -0.25) is 19.1 Å². The van der Waals surface area contributed by atoms with Crippen LogP contribution >= 0.6 is 11.3 Å². The van der Waals surface area contributed by atoms with Crippen molar-refractivity contribution in [2.45, 2.75) is 45.6 Å². The van der Waals surface area contributed by atoms with Crippen molar-refractivity contribution in [2.24, 2.45) is 0 Å². The minimum Gasteiger partial charge on any atom is -0.319 e.